The molecular formula is C11H12F2N2. The zero-order valence-corrected chi connectivity index (χ0v) is 8.19. The maximum Gasteiger partial charge on any atom is 0.159 e. The lowest BCUT2D eigenvalue weighted by Gasteiger charge is -2.70. The van der Waals surface area contributed by atoms with E-state index >= 15 is 0 Å². The van der Waals surface area contributed by atoms with Crippen LogP contribution in [-0.4, -0.2) is 5.54 Å². The van der Waals surface area contributed by atoms with Crippen LogP contribution in [0, 0.1) is 11.6 Å². The van der Waals surface area contributed by atoms with E-state index in [0.717, 1.165) is 24.8 Å². The summed E-state index contributed by atoms with van der Waals surface area (Å²) in [5.41, 5.74) is 3.83. The summed E-state index contributed by atoms with van der Waals surface area (Å²) in [7, 11) is 0. The third kappa shape index (κ3) is 1.03. The van der Waals surface area contributed by atoms with Crippen molar-refractivity contribution in [3.05, 3.63) is 35.4 Å². The van der Waals surface area contributed by atoms with Crippen LogP contribution in [0.25, 0.3) is 0 Å². The van der Waals surface area contributed by atoms with Gasteiger partial charge in [-0.3, -0.25) is 11.3 Å². The maximum absolute atomic E-state index is 13.0. The van der Waals surface area contributed by atoms with Gasteiger partial charge in [0.25, 0.3) is 0 Å². The van der Waals surface area contributed by atoms with E-state index in [4.69, 9.17) is 5.84 Å². The molecule has 0 aromatic heterocycles. The Bertz CT molecular complexity index is 411. The van der Waals surface area contributed by atoms with E-state index in [0.29, 0.717) is 0 Å². The van der Waals surface area contributed by atoms with E-state index in [9.17, 15) is 8.78 Å². The minimum Gasteiger partial charge on any atom is -0.271 e. The highest BCUT2D eigenvalue weighted by molar-refractivity contribution is 5.41. The Labute approximate surface area is 86.4 Å². The lowest BCUT2D eigenvalue weighted by Crippen LogP contribution is -2.77. The van der Waals surface area contributed by atoms with Gasteiger partial charge in [0.05, 0.1) is 0 Å². The summed E-state index contributed by atoms with van der Waals surface area (Å²) < 4.78 is 25.8. The molecule has 1 aromatic rings. The first-order valence-corrected chi connectivity index (χ1v) is 5.03. The molecule has 80 valence electrons. The molecule has 0 spiro atoms. The van der Waals surface area contributed by atoms with Crippen molar-refractivity contribution in [3.8, 4) is 0 Å². The van der Waals surface area contributed by atoms with Crippen LogP contribution < -0.4 is 11.3 Å². The fourth-order valence-corrected chi connectivity index (χ4v) is 3.07. The number of nitrogens with two attached hydrogens (primary N) is 1. The number of hydrogen-bond acceptors (Lipinski definition) is 2. The molecule has 0 aliphatic heterocycles. The second kappa shape index (κ2) is 2.57. The number of hydrazine groups is 1. The quantitative estimate of drug-likeness (QED) is 0.574. The minimum absolute atomic E-state index is 0.0565. The number of benzene rings is 1. The second-order valence-corrected chi connectivity index (χ2v) is 4.86. The zero-order valence-electron chi connectivity index (χ0n) is 8.19. The monoisotopic (exact) mass is 210 g/mol. The molecule has 0 heterocycles. The topological polar surface area (TPSA) is 38.0 Å². The van der Waals surface area contributed by atoms with E-state index in [-0.39, 0.29) is 11.0 Å². The molecule has 0 saturated heterocycles. The van der Waals surface area contributed by atoms with E-state index in [1.54, 1.807) is 6.07 Å². The Morgan fingerprint density at radius 3 is 2.33 bits per heavy atom. The fourth-order valence-electron chi connectivity index (χ4n) is 3.07. The molecule has 15 heavy (non-hydrogen) atoms. The van der Waals surface area contributed by atoms with E-state index in [1.807, 2.05) is 0 Å². The van der Waals surface area contributed by atoms with Crippen molar-refractivity contribution in [2.24, 2.45) is 5.84 Å². The highest BCUT2D eigenvalue weighted by Gasteiger charge is 2.68. The Hall–Kier alpha value is -1.00. The first-order valence-electron chi connectivity index (χ1n) is 5.03. The molecule has 4 heteroatoms. The Morgan fingerprint density at radius 2 is 1.80 bits per heavy atom. The van der Waals surface area contributed by atoms with Crippen LogP contribution in [0.2, 0.25) is 0 Å². The zero-order chi connectivity index (χ0) is 10.7. The van der Waals surface area contributed by atoms with Gasteiger partial charge in [-0.2, -0.15) is 0 Å². The first kappa shape index (κ1) is 9.24. The Balaban J connectivity index is 1.88. The highest BCUT2D eigenvalue weighted by atomic mass is 19.2. The molecule has 1 aromatic carbocycles. The molecule has 3 aliphatic carbocycles. The van der Waals surface area contributed by atoms with Crippen LogP contribution in [0.15, 0.2) is 18.2 Å². The number of rotatable bonds is 2. The predicted octanol–water partition coefficient (Wildman–Crippen LogP) is 1.60. The summed E-state index contributed by atoms with van der Waals surface area (Å²) in [5.74, 6) is 3.87. The van der Waals surface area contributed by atoms with Gasteiger partial charge in [0, 0.05) is 11.0 Å². The van der Waals surface area contributed by atoms with Crippen LogP contribution in [0.5, 0.6) is 0 Å². The molecule has 0 amide bonds. The van der Waals surface area contributed by atoms with Gasteiger partial charge in [-0.15, -0.1) is 0 Å². The smallest absolute Gasteiger partial charge is 0.159 e. The van der Waals surface area contributed by atoms with Crippen molar-refractivity contribution >= 4 is 0 Å². The van der Waals surface area contributed by atoms with Crippen molar-refractivity contribution in [2.75, 3.05) is 0 Å². The average molecular weight is 210 g/mol. The molecule has 4 rings (SSSR count). The Kier molecular flexibility index (Phi) is 1.58. The maximum atomic E-state index is 13.0. The van der Waals surface area contributed by atoms with Gasteiger partial charge in [-0.1, -0.05) is 6.07 Å². The average Bonchev–Trinajstić information content (AvgIpc) is 2.07. The summed E-state index contributed by atoms with van der Waals surface area (Å²) in [6, 6.07) is 4.19. The van der Waals surface area contributed by atoms with E-state index in [1.165, 1.54) is 12.1 Å². The van der Waals surface area contributed by atoms with Crippen LogP contribution in [0.4, 0.5) is 8.78 Å². The van der Waals surface area contributed by atoms with Crippen LogP contribution in [0.1, 0.15) is 24.8 Å². The van der Waals surface area contributed by atoms with Gasteiger partial charge >= 0.3 is 0 Å². The summed E-state index contributed by atoms with van der Waals surface area (Å²) >= 11 is 0. The van der Waals surface area contributed by atoms with Crippen molar-refractivity contribution < 1.29 is 8.78 Å². The molecule has 0 radical (unpaired) electrons. The van der Waals surface area contributed by atoms with Gasteiger partial charge in [0.2, 0.25) is 0 Å². The SMILES string of the molecule is NNC12CC(c3ccc(F)c(F)c3)(C1)C2. The van der Waals surface area contributed by atoms with E-state index < -0.39 is 11.6 Å². The van der Waals surface area contributed by atoms with Gasteiger partial charge in [0.1, 0.15) is 0 Å². The van der Waals surface area contributed by atoms with Crippen molar-refractivity contribution in [3.63, 3.8) is 0 Å². The third-order valence-electron chi connectivity index (χ3n) is 3.87. The number of halogens is 2. The molecule has 0 unspecified atom stereocenters. The van der Waals surface area contributed by atoms with Crippen LogP contribution >= 0.6 is 0 Å². The number of nitrogens with one attached hydrogen (secondary N) is 1. The lowest BCUT2D eigenvalue weighted by molar-refractivity contribution is -0.0884. The van der Waals surface area contributed by atoms with Crippen molar-refractivity contribution in [1.29, 1.82) is 0 Å². The molecular weight excluding hydrogens is 198 g/mol. The van der Waals surface area contributed by atoms with Crippen molar-refractivity contribution in [1.82, 2.24) is 5.43 Å². The van der Waals surface area contributed by atoms with Gasteiger partial charge in [-0.05, 0) is 37.0 Å². The molecule has 3 aliphatic rings. The fraction of sp³-hybridized carbons (Fsp3) is 0.455. The Morgan fingerprint density at radius 1 is 1.13 bits per heavy atom. The normalized spacial score (nSPS) is 37.0. The van der Waals surface area contributed by atoms with Gasteiger partial charge < -0.3 is 0 Å². The molecule has 0 atom stereocenters. The van der Waals surface area contributed by atoms with Gasteiger partial charge in [-0.25, -0.2) is 8.78 Å². The largest absolute Gasteiger partial charge is 0.271 e. The summed E-state index contributed by atoms with van der Waals surface area (Å²) in [6.45, 7) is 0. The summed E-state index contributed by atoms with van der Waals surface area (Å²) in [4.78, 5) is 0. The lowest BCUT2D eigenvalue weighted by atomic mass is 9.38. The highest BCUT2D eigenvalue weighted by Crippen LogP contribution is 2.67. The molecule has 3 saturated carbocycles. The minimum atomic E-state index is -0.781. The van der Waals surface area contributed by atoms with Crippen molar-refractivity contribution in [2.45, 2.75) is 30.2 Å². The van der Waals surface area contributed by atoms with Crippen LogP contribution in [-0.2, 0) is 5.41 Å². The van der Waals surface area contributed by atoms with Gasteiger partial charge in [0.15, 0.2) is 11.6 Å². The van der Waals surface area contributed by atoms with E-state index in [2.05, 4.69) is 5.43 Å². The molecule has 2 bridgehead atoms. The molecule has 2 nitrogen and oxygen atoms in total. The standard InChI is InChI=1S/C11H12F2N2/c12-8-2-1-7(3-9(8)13)10-4-11(5-10,6-10)15-14/h1-3,15H,4-6,14H2. The summed E-state index contributed by atoms with van der Waals surface area (Å²) in [6.07, 6.45) is 2.80. The summed E-state index contributed by atoms with van der Waals surface area (Å²) in [5, 5.41) is 0. The first-order chi connectivity index (χ1) is 7.09. The predicted molar refractivity (Wildman–Crippen MR) is 51.9 cm³/mol. The second-order valence-electron chi connectivity index (χ2n) is 4.86. The number of hydrogen-bond donors (Lipinski definition) is 2. The third-order valence-corrected chi connectivity index (χ3v) is 3.87. The molecule has 3 fully saturated rings. The van der Waals surface area contributed by atoms with Crippen LogP contribution in [0.3, 0.4) is 0 Å². The molecule has 3 N–H and O–H groups in total.